The molecule has 1 amide bonds. The first-order valence-electron chi connectivity index (χ1n) is 9.88. The Hall–Kier alpha value is -3.32. The van der Waals surface area contributed by atoms with E-state index in [1.807, 2.05) is 36.4 Å². The number of H-pyrrole nitrogens is 1. The van der Waals surface area contributed by atoms with E-state index in [4.69, 9.17) is 4.98 Å². The highest BCUT2D eigenvalue weighted by atomic mass is 32.2. The molecular formula is C23H18N4O2S. The molecule has 6 nitrogen and oxygen atoms in total. The molecular weight excluding hydrogens is 396 g/mol. The summed E-state index contributed by atoms with van der Waals surface area (Å²) in [6.07, 6.45) is 0.432. The van der Waals surface area contributed by atoms with Gasteiger partial charge < -0.3 is 9.88 Å². The van der Waals surface area contributed by atoms with Crippen LogP contribution in [0.15, 0.2) is 64.9 Å². The highest BCUT2D eigenvalue weighted by molar-refractivity contribution is 7.99. The lowest BCUT2D eigenvalue weighted by Crippen LogP contribution is -2.47. The van der Waals surface area contributed by atoms with Gasteiger partial charge in [0.15, 0.2) is 5.82 Å². The van der Waals surface area contributed by atoms with Crippen molar-refractivity contribution in [2.24, 2.45) is 0 Å². The minimum absolute atomic E-state index is 0.0922. The van der Waals surface area contributed by atoms with Gasteiger partial charge in [0.05, 0.1) is 21.6 Å². The summed E-state index contributed by atoms with van der Waals surface area (Å²) in [4.78, 5) is 36.9. The molecule has 1 unspecified atom stereocenters. The highest BCUT2D eigenvalue weighted by Gasteiger charge is 2.39. The van der Waals surface area contributed by atoms with Crippen LogP contribution >= 0.6 is 11.8 Å². The van der Waals surface area contributed by atoms with Gasteiger partial charge in [0, 0.05) is 29.6 Å². The average Bonchev–Trinajstić information content (AvgIpc) is 3.12. The zero-order valence-electron chi connectivity index (χ0n) is 16.1. The Morgan fingerprint density at radius 3 is 2.70 bits per heavy atom. The first-order valence-corrected chi connectivity index (χ1v) is 10.9. The van der Waals surface area contributed by atoms with Gasteiger partial charge in [0.1, 0.15) is 6.04 Å². The third-order valence-electron chi connectivity index (χ3n) is 5.99. The van der Waals surface area contributed by atoms with E-state index in [0.717, 1.165) is 27.2 Å². The lowest BCUT2D eigenvalue weighted by molar-refractivity contribution is -0.132. The Kier molecular flexibility index (Phi) is 3.70. The number of thioether (sulfide) groups is 1. The molecule has 2 aliphatic rings. The number of carbonyl (C=O) groups excluding carboxylic acids is 1. The van der Waals surface area contributed by atoms with Gasteiger partial charge in [-0.15, -0.1) is 11.8 Å². The SMILES string of the molecule is C=C1c2nc3ccccc3c(=O)n2C2Cc3c([nH]c4ccccc34)SCCN1C2=O. The second-order valence-corrected chi connectivity index (χ2v) is 8.72. The van der Waals surface area contributed by atoms with Gasteiger partial charge in [0.2, 0.25) is 0 Å². The summed E-state index contributed by atoms with van der Waals surface area (Å²) in [5.74, 6) is 1.12. The molecule has 6 rings (SSSR count). The van der Waals surface area contributed by atoms with E-state index in [-0.39, 0.29) is 11.5 Å². The van der Waals surface area contributed by atoms with Crippen LogP contribution in [0, 0.1) is 0 Å². The van der Waals surface area contributed by atoms with E-state index < -0.39 is 6.04 Å². The van der Waals surface area contributed by atoms with Gasteiger partial charge >= 0.3 is 0 Å². The standard InChI is InChI=1S/C23H18N4O2S/c1-13-20-24-18-9-5-3-7-15(18)22(28)27(20)19-12-16-14-6-2-4-8-17(14)25-21(16)30-11-10-26(13)23(19)29/h2-9,19,25H,1,10-12H2. The van der Waals surface area contributed by atoms with E-state index in [9.17, 15) is 9.59 Å². The Bertz CT molecular complexity index is 1430. The minimum Gasteiger partial charge on any atom is -0.349 e. The van der Waals surface area contributed by atoms with Gasteiger partial charge in [-0.3, -0.25) is 14.2 Å². The topological polar surface area (TPSA) is 71.0 Å². The third-order valence-corrected chi connectivity index (χ3v) is 7.01. The number of hydrogen-bond donors (Lipinski definition) is 1. The number of aromatic nitrogens is 3. The molecule has 0 saturated carbocycles. The van der Waals surface area contributed by atoms with Crippen LogP contribution in [0.2, 0.25) is 0 Å². The van der Waals surface area contributed by atoms with Gasteiger partial charge in [-0.05, 0) is 23.8 Å². The summed E-state index contributed by atoms with van der Waals surface area (Å²) >= 11 is 1.70. The van der Waals surface area contributed by atoms with Crippen LogP contribution in [-0.2, 0) is 11.2 Å². The first kappa shape index (κ1) is 17.5. The van der Waals surface area contributed by atoms with Crippen molar-refractivity contribution in [2.75, 3.05) is 12.3 Å². The lowest BCUT2D eigenvalue weighted by atomic mass is 10.0. The Morgan fingerprint density at radius 2 is 1.83 bits per heavy atom. The van der Waals surface area contributed by atoms with Crippen LogP contribution in [0.5, 0.6) is 0 Å². The highest BCUT2D eigenvalue weighted by Crippen LogP contribution is 2.38. The fraction of sp³-hybridized carbons (Fsp3) is 0.174. The lowest BCUT2D eigenvalue weighted by Gasteiger charge is -2.35. The molecule has 0 spiro atoms. The van der Waals surface area contributed by atoms with E-state index >= 15 is 0 Å². The zero-order valence-corrected chi connectivity index (χ0v) is 16.9. The predicted octanol–water partition coefficient (Wildman–Crippen LogP) is 3.58. The van der Waals surface area contributed by atoms with Crippen LogP contribution in [0.25, 0.3) is 27.5 Å². The number of nitrogens with one attached hydrogen (secondary N) is 1. The molecule has 2 aliphatic heterocycles. The average molecular weight is 414 g/mol. The van der Waals surface area contributed by atoms with Crippen LogP contribution in [0.3, 0.4) is 0 Å². The number of para-hydroxylation sites is 2. The number of hydrogen-bond acceptors (Lipinski definition) is 4. The molecule has 4 heterocycles. The molecule has 0 radical (unpaired) electrons. The molecule has 4 aromatic rings. The molecule has 148 valence electrons. The molecule has 2 aromatic carbocycles. The summed E-state index contributed by atoms with van der Waals surface area (Å²) in [5.41, 5.74) is 3.05. The minimum atomic E-state index is -0.647. The van der Waals surface area contributed by atoms with E-state index in [1.54, 1.807) is 27.3 Å². The Balaban J connectivity index is 1.64. The maximum Gasteiger partial charge on any atom is 0.262 e. The van der Waals surface area contributed by atoms with Crippen LogP contribution in [0.4, 0.5) is 0 Å². The van der Waals surface area contributed by atoms with Crippen molar-refractivity contribution in [2.45, 2.75) is 17.5 Å². The van der Waals surface area contributed by atoms with Crippen molar-refractivity contribution >= 4 is 45.2 Å². The van der Waals surface area contributed by atoms with Crippen molar-refractivity contribution in [1.82, 2.24) is 19.4 Å². The monoisotopic (exact) mass is 414 g/mol. The second-order valence-electron chi connectivity index (χ2n) is 7.61. The predicted molar refractivity (Wildman–Crippen MR) is 119 cm³/mol. The smallest absolute Gasteiger partial charge is 0.262 e. The van der Waals surface area contributed by atoms with E-state index in [2.05, 4.69) is 17.6 Å². The molecule has 2 bridgehead atoms. The van der Waals surface area contributed by atoms with Crippen molar-refractivity contribution in [1.29, 1.82) is 0 Å². The number of nitrogens with zero attached hydrogens (tertiary/aromatic N) is 3. The summed E-state index contributed by atoms with van der Waals surface area (Å²) in [6.45, 7) is 4.65. The molecule has 0 saturated heterocycles. The summed E-state index contributed by atoms with van der Waals surface area (Å²) < 4.78 is 1.56. The van der Waals surface area contributed by atoms with Crippen LogP contribution in [-0.4, -0.2) is 37.6 Å². The summed E-state index contributed by atoms with van der Waals surface area (Å²) in [7, 11) is 0. The fourth-order valence-corrected chi connectivity index (χ4v) is 5.57. The normalized spacial score (nSPS) is 18.7. The molecule has 7 heteroatoms. The van der Waals surface area contributed by atoms with Gasteiger partial charge in [-0.1, -0.05) is 36.9 Å². The number of aromatic amines is 1. The Morgan fingerprint density at radius 1 is 1.07 bits per heavy atom. The number of carbonyl (C=O) groups is 1. The number of amides is 1. The van der Waals surface area contributed by atoms with Crippen LogP contribution < -0.4 is 5.56 Å². The number of fused-ring (bicyclic) bond motifs is 8. The Labute approximate surface area is 176 Å². The van der Waals surface area contributed by atoms with Crippen LogP contribution in [0.1, 0.15) is 17.4 Å². The molecule has 1 atom stereocenters. The third kappa shape index (κ3) is 2.35. The first-order chi connectivity index (χ1) is 14.6. The maximum absolute atomic E-state index is 13.5. The maximum atomic E-state index is 13.5. The molecule has 2 aromatic heterocycles. The number of rotatable bonds is 0. The fourth-order valence-electron chi connectivity index (χ4n) is 4.54. The molecule has 0 aliphatic carbocycles. The van der Waals surface area contributed by atoms with Gasteiger partial charge in [-0.2, -0.15) is 0 Å². The van der Waals surface area contributed by atoms with Crippen molar-refractivity contribution in [3.63, 3.8) is 0 Å². The van der Waals surface area contributed by atoms with Crippen molar-refractivity contribution < 1.29 is 4.79 Å². The quantitative estimate of drug-likeness (QED) is 0.477. The van der Waals surface area contributed by atoms with Gasteiger partial charge in [-0.25, -0.2) is 4.98 Å². The second kappa shape index (κ2) is 6.34. The van der Waals surface area contributed by atoms with Crippen molar-refractivity contribution in [3.8, 4) is 0 Å². The van der Waals surface area contributed by atoms with E-state index in [1.165, 1.54) is 0 Å². The van der Waals surface area contributed by atoms with E-state index in [0.29, 0.717) is 35.4 Å². The molecule has 1 N–H and O–H groups in total. The molecule has 30 heavy (non-hydrogen) atoms. The zero-order chi connectivity index (χ0) is 20.4. The number of benzene rings is 2. The summed E-state index contributed by atoms with van der Waals surface area (Å²) in [5, 5.41) is 2.67. The van der Waals surface area contributed by atoms with Crippen molar-refractivity contribution in [3.05, 3.63) is 76.9 Å². The summed E-state index contributed by atoms with van der Waals surface area (Å²) in [6, 6.07) is 14.7. The van der Waals surface area contributed by atoms with Gasteiger partial charge in [0.25, 0.3) is 11.5 Å². The molecule has 0 fully saturated rings. The largest absolute Gasteiger partial charge is 0.349 e.